The van der Waals surface area contributed by atoms with E-state index < -0.39 is 0 Å². The van der Waals surface area contributed by atoms with Crippen molar-refractivity contribution in [1.29, 1.82) is 0 Å². The predicted octanol–water partition coefficient (Wildman–Crippen LogP) is 2.85. The monoisotopic (exact) mass is 436 g/mol. The van der Waals surface area contributed by atoms with Crippen molar-refractivity contribution in [1.82, 2.24) is 10.2 Å². The molecule has 0 atom stereocenters. The third kappa shape index (κ3) is 5.03. The standard InChI is InChI=1S/C19H21BrN2O5/c1-25-14-4-2-3-5-15(14)26-12-18(23)22-10-8-13(9-11-22)21-19(24)16-6-7-17(20)27-16/h2-7,13H,8-12H2,1H3,(H,21,24). The van der Waals surface area contributed by atoms with Gasteiger partial charge in [-0.05, 0) is 53.0 Å². The molecule has 2 heterocycles. The Balaban J connectivity index is 1.44. The van der Waals surface area contributed by atoms with Crippen molar-refractivity contribution in [3.63, 3.8) is 0 Å². The number of amides is 2. The van der Waals surface area contributed by atoms with Crippen molar-refractivity contribution in [3.8, 4) is 11.5 Å². The van der Waals surface area contributed by atoms with Gasteiger partial charge in [-0.1, -0.05) is 12.1 Å². The molecule has 1 aliphatic rings. The molecule has 1 aromatic heterocycles. The van der Waals surface area contributed by atoms with E-state index >= 15 is 0 Å². The van der Waals surface area contributed by atoms with Gasteiger partial charge >= 0.3 is 0 Å². The molecule has 27 heavy (non-hydrogen) atoms. The first-order chi connectivity index (χ1) is 13.1. The van der Waals surface area contributed by atoms with Crippen molar-refractivity contribution in [3.05, 3.63) is 46.8 Å². The molecule has 3 rings (SSSR count). The summed E-state index contributed by atoms with van der Waals surface area (Å²) < 4.78 is 16.6. The average molecular weight is 437 g/mol. The summed E-state index contributed by atoms with van der Waals surface area (Å²) in [4.78, 5) is 26.3. The second-order valence-corrected chi connectivity index (χ2v) is 6.95. The molecule has 2 aromatic rings. The predicted molar refractivity (Wildman–Crippen MR) is 102 cm³/mol. The second kappa shape index (κ2) is 8.94. The molecule has 0 radical (unpaired) electrons. The van der Waals surface area contributed by atoms with Crippen LogP contribution in [0.2, 0.25) is 0 Å². The molecule has 0 saturated carbocycles. The quantitative estimate of drug-likeness (QED) is 0.752. The highest BCUT2D eigenvalue weighted by molar-refractivity contribution is 9.10. The van der Waals surface area contributed by atoms with Crippen LogP contribution in [-0.4, -0.2) is 49.6 Å². The fourth-order valence-corrected chi connectivity index (χ4v) is 3.24. The van der Waals surface area contributed by atoms with Gasteiger partial charge in [-0.25, -0.2) is 0 Å². The largest absolute Gasteiger partial charge is 0.493 e. The highest BCUT2D eigenvalue weighted by Crippen LogP contribution is 2.25. The van der Waals surface area contributed by atoms with Gasteiger partial charge in [-0.2, -0.15) is 0 Å². The number of furan rings is 1. The molecular formula is C19H21BrN2O5. The van der Waals surface area contributed by atoms with Crippen LogP contribution in [0.25, 0.3) is 0 Å². The van der Waals surface area contributed by atoms with E-state index in [2.05, 4.69) is 21.2 Å². The third-order valence-electron chi connectivity index (χ3n) is 4.40. The number of carbonyl (C=O) groups is 2. The molecule has 1 N–H and O–H groups in total. The Morgan fingerprint density at radius 1 is 1.19 bits per heavy atom. The van der Waals surface area contributed by atoms with E-state index in [1.165, 1.54) is 0 Å². The van der Waals surface area contributed by atoms with Gasteiger partial charge in [0.2, 0.25) is 0 Å². The number of benzene rings is 1. The Labute approximate surface area is 165 Å². The zero-order chi connectivity index (χ0) is 19.2. The number of nitrogens with one attached hydrogen (secondary N) is 1. The first-order valence-corrected chi connectivity index (χ1v) is 9.46. The molecule has 0 aliphatic carbocycles. The number of nitrogens with zero attached hydrogens (tertiary/aromatic N) is 1. The molecule has 1 aliphatic heterocycles. The minimum absolute atomic E-state index is 0.0144. The second-order valence-electron chi connectivity index (χ2n) is 6.17. The number of rotatable bonds is 6. The van der Waals surface area contributed by atoms with E-state index in [0.717, 1.165) is 0 Å². The van der Waals surface area contributed by atoms with Gasteiger partial charge in [-0.3, -0.25) is 9.59 Å². The van der Waals surface area contributed by atoms with Crippen LogP contribution in [0.1, 0.15) is 23.4 Å². The number of carbonyl (C=O) groups excluding carboxylic acids is 2. The van der Waals surface area contributed by atoms with Crippen LogP contribution in [0.15, 0.2) is 45.5 Å². The number of para-hydroxylation sites is 2. The van der Waals surface area contributed by atoms with Gasteiger partial charge in [0.15, 0.2) is 28.5 Å². The molecule has 0 unspecified atom stereocenters. The van der Waals surface area contributed by atoms with E-state index in [-0.39, 0.29) is 30.2 Å². The summed E-state index contributed by atoms with van der Waals surface area (Å²) in [5, 5.41) is 2.94. The summed E-state index contributed by atoms with van der Waals surface area (Å²) >= 11 is 3.18. The molecule has 7 nitrogen and oxygen atoms in total. The van der Waals surface area contributed by atoms with E-state index in [4.69, 9.17) is 13.9 Å². The number of halogens is 1. The van der Waals surface area contributed by atoms with Crippen molar-refractivity contribution in [2.45, 2.75) is 18.9 Å². The zero-order valence-corrected chi connectivity index (χ0v) is 16.5. The van der Waals surface area contributed by atoms with E-state index in [1.807, 2.05) is 12.1 Å². The summed E-state index contributed by atoms with van der Waals surface area (Å²) in [5.74, 6) is 1.08. The molecular weight excluding hydrogens is 416 g/mol. The lowest BCUT2D eigenvalue weighted by Gasteiger charge is -2.32. The van der Waals surface area contributed by atoms with Gasteiger partial charge in [-0.15, -0.1) is 0 Å². The lowest BCUT2D eigenvalue weighted by atomic mass is 10.0. The van der Waals surface area contributed by atoms with Crippen molar-refractivity contribution >= 4 is 27.7 Å². The Bertz CT molecular complexity index is 799. The van der Waals surface area contributed by atoms with Crippen LogP contribution in [0.3, 0.4) is 0 Å². The Morgan fingerprint density at radius 2 is 1.89 bits per heavy atom. The molecule has 144 valence electrons. The van der Waals surface area contributed by atoms with Crippen LogP contribution in [0.5, 0.6) is 11.5 Å². The SMILES string of the molecule is COc1ccccc1OCC(=O)N1CCC(NC(=O)c2ccc(Br)o2)CC1. The number of hydrogen-bond donors (Lipinski definition) is 1. The fraction of sp³-hybridized carbons (Fsp3) is 0.368. The smallest absolute Gasteiger partial charge is 0.287 e. The van der Waals surface area contributed by atoms with E-state index in [1.54, 1.807) is 36.3 Å². The Hall–Kier alpha value is -2.48. The lowest BCUT2D eigenvalue weighted by molar-refractivity contribution is -0.134. The van der Waals surface area contributed by atoms with Crippen molar-refractivity contribution in [2.75, 3.05) is 26.8 Å². The van der Waals surface area contributed by atoms with Crippen LogP contribution < -0.4 is 14.8 Å². The number of piperidine rings is 1. The number of hydrogen-bond acceptors (Lipinski definition) is 5. The van der Waals surface area contributed by atoms with Crippen LogP contribution in [0, 0.1) is 0 Å². The van der Waals surface area contributed by atoms with Crippen LogP contribution in [-0.2, 0) is 4.79 Å². The van der Waals surface area contributed by atoms with Crippen molar-refractivity contribution < 1.29 is 23.5 Å². The minimum atomic E-state index is -0.245. The molecule has 0 bridgehead atoms. The van der Waals surface area contributed by atoms with Gasteiger partial charge in [0.25, 0.3) is 11.8 Å². The fourth-order valence-electron chi connectivity index (χ4n) is 2.93. The number of methoxy groups -OCH3 is 1. The van der Waals surface area contributed by atoms with Gasteiger partial charge in [0, 0.05) is 19.1 Å². The van der Waals surface area contributed by atoms with Crippen LogP contribution >= 0.6 is 15.9 Å². The molecule has 8 heteroatoms. The Kier molecular flexibility index (Phi) is 6.39. The first kappa shape index (κ1) is 19.3. The lowest BCUT2D eigenvalue weighted by Crippen LogP contribution is -2.47. The minimum Gasteiger partial charge on any atom is -0.493 e. The van der Waals surface area contributed by atoms with Gasteiger partial charge < -0.3 is 24.1 Å². The maximum absolute atomic E-state index is 12.4. The highest BCUT2D eigenvalue weighted by Gasteiger charge is 2.25. The maximum Gasteiger partial charge on any atom is 0.287 e. The molecule has 1 saturated heterocycles. The summed E-state index contributed by atoms with van der Waals surface area (Å²) in [5.41, 5.74) is 0. The van der Waals surface area contributed by atoms with Crippen LogP contribution in [0.4, 0.5) is 0 Å². The van der Waals surface area contributed by atoms with E-state index in [9.17, 15) is 9.59 Å². The highest BCUT2D eigenvalue weighted by atomic mass is 79.9. The Morgan fingerprint density at radius 3 is 2.52 bits per heavy atom. The van der Waals surface area contributed by atoms with Crippen molar-refractivity contribution in [2.24, 2.45) is 0 Å². The molecule has 2 amide bonds. The number of ether oxygens (including phenoxy) is 2. The zero-order valence-electron chi connectivity index (χ0n) is 14.9. The van der Waals surface area contributed by atoms with Gasteiger partial charge in [0.05, 0.1) is 7.11 Å². The molecule has 1 fully saturated rings. The summed E-state index contributed by atoms with van der Waals surface area (Å²) in [6, 6.07) is 10.5. The summed E-state index contributed by atoms with van der Waals surface area (Å²) in [6.45, 7) is 1.10. The number of likely N-dealkylation sites (tertiary alicyclic amines) is 1. The average Bonchev–Trinajstić information content (AvgIpc) is 3.13. The summed E-state index contributed by atoms with van der Waals surface area (Å²) in [6.07, 6.45) is 1.38. The normalized spacial score (nSPS) is 14.7. The first-order valence-electron chi connectivity index (χ1n) is 8.66. The topological polar surface area (TPSA) is 81.0 Å². The van der Waals surface area contributed by atoms with E-state index in [0.29, 0.717) is 42.1 Å². The molecule has 1 aromatic carbocycles. The van der Waals surface area contributed by atoms with Gasteiger partial charge in [0.1, 0.15) is 0 Å². The third-order valence-corrected chi connectivity index (χ3v) is 4.83. The molecule has 0 spiro atoms. The maximum atomic E-state index is 12.4. The summed E-state index contributed by atoms with van der Waals surface area (Å²) in [7, 11) is 1.56.